The largest absolute Gasteiger partial charge is 0.349 e. The molecular weight excluding hydrogens is 298 g/mol. The van der Waals surface area contributed by atoms with Crippen molar-refractivity contribution in [1.29, 1.82) is 0 Å². The number of nitrogens with zero attached hydrogens (tertiary/aromatic N) is 3. The van der Waals surface area contributed by atoms with Gasteiger partial charge < -0.3 is 11.2 Å². The summed E-state index contributed by atoms with van der Waals surface area (Å²) in [5.41, 5.74) is 2.58. The highest BCUT2D eigenvalue weighted by Gasteiger charge is 2.21. The molecule has 0 fully saturated rings. The second-order valence-electron chi connectivity index (χ2n) is 5.40. The Morgan fingerprint density at radius 1 is 1.45 bits per heavy atom. The zero-order chi connectivity index (χ0) is 15.5. The summed E-state index contributed by atoms with van der Waals surface area (Å²) >= 11 is 1.30. The lowest BCUT2D eigenvalue weighted by atomic mass is 9.88. The van der Waals surface area contributed by atoms with Gasteiger partial charge in [0.15, 0.2) is 0 Å². The third-order valence-corrected chi connectivity index (χ3v) is 4.82. The zero-order valence-electron chi connectivity index (χ0n) is 12.5. The summed E-state index contributed by atoms with van der Waals surface area (Å²) in [6.07, 6.45) is 3.18. The Morgan fingerprint density at radius 2 is 2.27 bits per heavy atom. The van der Waals surface area contributed by atoms with Crippen LogP contribution >= 0.6 is 11.8 Å². The van der Waals surface area contributed by atoms with Crippen LogP contribution in [0.2, 0.25) is 0 Å². The summed E-state index contributed by atoms with van der Waals surface area (Å²) in [5, 5.41) is 11.5. The molecule has 1 aromatic carbocycles. The molecule has 7 heteroatoms. The third-order valence-electron chi connectivity index (χ3n) is 3.87. The van der Waals surface area contributed by atoms with Crippen molar-refractivity contribution in [3.8, 4) is 0 Å². The molecule has 6 nitrogen and oxygen atoms in total. The number of rotatable bonds is 4. The predicted octanol–water partition coefficient (Wildman–Crippen LogP) is 1.59. The summed E-state index contributed by atoms with van der Waals surface area (Å²) < 4.78 is 1.40. The molecule has 0 bridgehead atoms. The van der Waals surface area contributed by atoms with E-state index in [0.29, 0.717) is 11.0 Å². The molecule has 0 saturated heterocycles. The first kappa shape index (κ1) is 14.9. The van der Waals surface area contributed by atoms with Crippen LogP contribution in [-0.4, -0.2) is 26.5 Å². The molecule has 0 saturated carbocycles. The number of carbonyl (C=O) groups is 1. The van der Waals surface area contributed by atoms with Gasteiger partial charge in [-0.2, -0.15) is 0 Å². The average molecular weight is 317 g/mol. The minimum atomic E-state index is -0.00708. The van der Waals surface area contributed by atoms with E-state index in [2.05, 4.69) is 33.7 Å². The Morgan fingerprint density at radius 3 is 3.05 bits per heavy atom. The summed E-state index contributed by atoms with van der Waals surface area (Å²) in [4.78, 5) is 12.2. The van der Waals surface area contributed by atoms with Crippen LogP contribution in [0.4, 0.5) is 0 Å². The SMILES string of the molecule is Cc1nnc(SCC(=O)N[C@@H]2CCCc3ccccc32)n1N. The van der Waals surface area contributed by atoms with Crippen molar-refractivity contribution >= 4 is 17.7 Å². The number of fused-ring (bicyclic) bond motifs is 1. The van der Waals surface area contributed by atoms with E-state index in [4.69, 9.17) is 5.84 Å². The normalized spacial score (nSPS) is 17.0. The van der Waals surface area contributed by atoms with Gasteiger partial charge in [-0.3, -0.25) is 4.79 Å². The number of benzene rings is 1. The van der Waals surface area contributed by atoms with E-state index in [-0.39, 0.29) is 17.7 Å². The van der Waals surface area contributed by atoms with E-state index < -0.39 is 0 Å². The second kappa shape index (κ2) is 6.39. The molecule has 1 aliphatic rings. The molecule has 2 aromatic rings. The number of carbonyl (C=O) groups excluding carboxylic acids is 1. The maximum absolute atomic E-state index is 12.2. The fourth-order valence-corrected chi connectivity index (χ4v) is 3.43. The third kappa shape index (κ3) is 3.09. The van der Waals surface area contributed by atoms with E-state index in [1.807, 2.05) is 6.07 Å². The smallest absolute Gasteiger partial charge is 0.230 e. The van der Waals surface area contributed by atoms with Crippen LogP contribution in [0.3, 0.4) is 0 Å². The van der Waals surface area contributed by atoms with Crippen LogP contribution in [0.5, 0.6) is 0 Å². The molecular formula is C15H19N5OS. The van der Waals surface area contributed by atoms with Gasteiger partial charge in [-0.15, -0.1) is 10.2 Å². The van der Waals surface area contributed by atoms with Crippen LogP contribution in [-0.2, 0) is 11.2 Å². The molecule has 116 valence electrons. The lowest BCUT2D eigenvalue weighted by Crippen LogP contribution is -2.32. The Labute approximate surface area is 133 Å². The predicted molar refractivity (Wildman–Crippen MR) is 85.9 cm³/mol. The van der Waals surface area contributed by atoms with Gasteiger partial charge in [0.25, 0.3) is 0 Å². The van der Waals surface area contributed by atoms with Gasteiger partial charge in [0.1, 0.15) is 5.82 Å². The highest BCUT2D eigenvalue weighted by atomic mass is 32.2. The van der Waals surface area contributed by atoms with E-state index in [1.165, 1.54) is 27.6 Å². The summed E-state index contributed by atoms with van der Waals surface area (Å²) in [6.45, 7) is 1.77. The number of hydrogen-bond donors (Lipinski definition) is 2. The molecule has 0 spiro atoms. The number of thioether (sulfide) groups is 1. The van der Waals surface area contributed by atoms with Gasteiger partial charge in [0.05, 0.1) is 11.8 Å². The Bertz CT molecular complexity index is 684. The van der Waals surface area contributed by atoms with Gasteiger partial charge in [0, 0.05) is 0 Å². The van der Waals surface area contributed by atoms with Crippen LogP contribution < -0.4 is 11.2 Å². The van der Waals surface area contributed by atoms with Crippen molar-refractivity contribution in [1.82, 2.24) is 20.2 Å². The number of nitrogen functional groups attached to an aromatic ring is 1. The standard InChI is InChI=1S/C15H19N5OS/c1-10-18-19-15(20(10)16)22-9-14(21)17-13-8-4-6-11-5-2-3-7-12(11)13/h2-3,5,7,13H,4,6,8-9,16H2,1H3,(H,17,21)/t13-/m1/s1. The monoisotopic (exact) mass is 317 g/mol. The van der Waals surface area contributed by atoms with Crippen molar-refractivity contribution in [3.05, 3.63) is 41.2 Å². The number of aryl methyl sites for hydroxylation is 2. The topological polar surface area (TPSA) is 85.8 Å². The first-order chi connectivity index (χ1) is 10.6. The maximum Gasteiger partial charge on any atom is 0.230 e. The number of hydrogen-bond acceptors (Lipinski definition) is 5. The number of nitrogens with one attached hydrogen (secondary N) is 1. The molecule has 0 aliphatic heterocycles. The lowest BCUT2D eigenvalue weighted by Gasteiger charge is -2.26. The van der Waals surface area contributed by atoms with Gasteiger partial charge in [-0.25, -0.2) is 4.68 Å². The van der Waals surface area contributed by atoms with E-state index in [9.17, 15) is 4.79 Å². The number of amides is 1. The van der Waals surface area contributed by atoms with Crippen molar-refractivity contribution in [2.24, 2.45) is 0 Å². The van der Waals surface area contributed by atoms with Crippen LogP contribution in [0.15, 0.2) is 29.4 Å². The fourth-order valence-electron chi connectivity index (χ4n) is 2.72. The molecule has 1 aromatic heterocycles. The molecule has 1 amide bonds. The molecule has 1 heterocycles. The Balaban J connectivity index is 1.60. The van der Waals surface area contributed by atoms with Crippen molar-refractivity contribution in [3.63, 3.8) is 0 Å². The molecule has 0 unspecified atom stereocenters. The Kier molecular flexibility index (Phi) is 4.33. The maximum atomic E-state index is 12.2. The minimum Gasteiger partial charge on any atom is -0.349 e. The highest BCUT2D eigenvalue weighted by molar-refractivity contribution is 7.99. The van der Waals surface area contributed by atoms with Gasteiger partial charge in [0.2, 0.25) is 11.1 Å². The lowest BCUT2D eigenvalue weighted by molar-refractivity contribution is -0.119. The summed E-state index contributed by atoms with van der Waals surface area (Å²) in [7, 11) is 0. The molecule has 1 aliphatic carbocycles. The molecule has 0 radical (unpaired) electrons. The fraction of sp³-hybridized carbons (Fsp3) is 0.400. The van der Waals surface area contributed by atoms with Crippen molar-refractivity contribution in [2.45, 2.75) is 37.4 Å². The Hall–Kier alpha value is -2.02. The van der Waals surface area contributed by atoms with Crippen LogP contribution in [0, 0.1) is 6.92 Å². The van der Waals surface area contributed by atoms with E-state index in [1.54, 1.807) is 6.92 Å². The van der Waals surface area contributed by atoms with E-state index >= 15 is 0 Å². The molecule has 3 rings (SSSR count). The van der Waals surface area contributed by atoms with E-state index in [0.717, 1.165) is 19.3 Å². The average Bonchev–Trinajstić information content (AvgIpc) is 2.85. The quantitative estimate of drug-likeness (QED) is 0.660. The van der Waals surface area contributed by atoms with Gasteiger partial charge in [-0.1, -0.05) is 36.0 Å². The minimum absolute atomic E-state index is 0.00708. The molecule has 1 atom stereocenters. The molecule has 3 N–H and O–H groups in total. The van der Waals surface area contributed by atoms with Crippen molar-refractivity contribution in [2.75, 3.05) is 11.6 Å². The zero-order valence-corrected chi connectivity index (χ0v) is 13.3. The first-order valence-corrected chi connectivity index (χ1v) is 8.31. The highest BCUT2D eigenvalue weighted by Crippen LogP contribution is 2.29. The van der Waals surface area contributed by atoms with Crippen molar-refractivity contribution < 1.29 is 4.79 Å². The summed E-state index contributed by atoms with van der Waals surface area (Å²) in [6, 6.07) is 8.43. The second-order valence-corrected chi connectivity index (χ2v) is 6.34. The molecule has 22 heavy (non-hydrogen) atoms. The first-order valence-electron chi connectivity index (χ1n) is 7.32. The van der Waals surface area contributed by atoms with Crippen LogP contribution in [0.25, 0.3) is 0 Å². The summed E-state index contributed by atoms with van der Waals surface area (Å²) in [5.74, 6) is 6.68. The number of nitrogens with two attached hydrogens (primary N) is 1. The van der Waals surface area contributed by atoms with Crippen LogP contribution in [0.1, 0.15) is 35.8 Å². The van der Waals surface area contributed by atoms with Gasteiger partial charge >= 0.3 is 0 Å². The number of aromatic nitrogens is 3. The van der Waals surface area contributed by atoms with Gasteiger partial charge in [-0.05, 0) is 37.3 Å².